The Morgan fingerprint density at radius 1 is 1.23 bits per heavy atom. The van der Waals surface area contributed by atoms with Crippen LogP contribution in [0.25, 0.3) is 0 Å². The minimum Gasteiger partial charge on any atom is -0.349 e. The van der Waals surface area contributed by atoms with E-state index >= 15 is 0 Å². The molecule has 1 N–H and O–H groups in total. The van der Waals surface area contributed by atoms with E-state index in [1.165, 1.54) is 5.56 Å². The molecule has 2 amide bonds. The number of nitrogens with one attached hydrogen (secondary N) is 1. The summed E-state index contributed by atoms with van der Waals surface area (Å²) in [6.45, 7) is 1.82. The maximum atomic E-state index is 12.5. The van der Waals surface area contributed by atoms with E-state index in [9.17, 15) is 9.59 Å². The topological polar surface area (TPSA) is 67.2 Å². The molecule has 2 aromatic rings. The van der Waals surface area contributed by atoms with Crippen LogP contribution in [-0.2, 0) is 31.2 Å². The van der Waals surface area contributed by atoms with E-state index in [1.807, 2.05) is 34.7 Å². The monoisotopic (exact) mass is 352 g/mol. The van der Waals surface area contributed by atoms with Gasteiger partial charge >= 0.3 is 0 Å². The van der Waals surface area contributed by atoms with Crippen LogP contribution in [-0.4, -0.2) is 39.4 Å². The van der Waals surface area contributed by atoms with Gasteiger partial charge in [0, 0.05) is 38.2 Å². The van der Waals surface area contributed by atoms with Gasteiger partial charge in [0.25, 0.3) is 5.91 Å². The van der Waals surface area contributed by atoms with Crippen molar-refractivity contribution in [3.05, 3.63) is 53.1 Å². The predicted molar refractivity (Wildman–Crippen MR) is 97.5 cm³/mol. The largest absolute Gasteiger partial charge is 0.349 e. The van der Waals surface area contributed by atoms with Crippen molar-refractivity contribution in [2.75, 3.05) is 13.1 Å². The van der Waals surface area contributed by atoms with E-state index < -0.39 is 0 Å². The van der Waals surface area contributed by atoms with Gasteiger partial charge in [0.15, 0.2) is 5.82 Å². The number of nitrogens with zero attached hydrogens (tertiary/aromatic N) is 3. The molecule has 6 heteroatoms. The summed E-state index contributed by atoms with van der Waals surface area (Å²) in [7, 11) is 1.89. The number of fused-ring (bicyclic) bond motifs is 1. The Kier molecular flexibility index (Phi) is 4.49. The smallest absolute Gasteiger partial charge is 0.287 e. The lowest BCUT2D eigenvalue weighted by Gasteiger charge is -2.26. The molecule has 1 aromatic heterocycles. The van der Waals surface area contributed by atoms with Crippen molar-refractivity contribution < 1.29 is 9.59 Å². The third-order valence-electron chi connectivity index (χ3n) is 5.24. The summed E-state index contributed by atoms with van der Waals surface area (Å²) >= 11 is 0. The molecule has 1 aromatic carbocycles. The van der Waals surface area contributed by atoms with Crippen LogP contribution in [0.4, 0.5) is 0 Å². The average molecular weight is 352 g/mol. The SMILES string of the molecule is Cn1c(C(=O)NCCc2ccccc2)nc2c1CCN(C(=O)C1CC1)C2. The number of rotatable bonds is 5. The Morgan fingerprint density at radius 3 is 2.73 bits per heavy atom. The van der Waals surface area contributed by atoms with Crippen LogP contribution in [0.2, 0.25) is 0 Å². The fourth-order valence-corrected chi connectivity index (χ4v) is 3.55. The summed E-state index contributed by atoms with van der Waals surface area (Å²) in [5, 5.41) is 2.96. The Balaban J connectivity index is 1.39. The van der Waals surface area contributed by atoms with Gasteiger partial charge in [0.05, 0.1) is 12.2 Å². The highest BCUT2D eigenvalue weighted by atomic mass is 16.2. The Labute approximate surface area is 153 Å². The molecule has 2 heterocycles. The van der Waals surface area contributed by atoms with Gasteiger partial charge in [0.1, 0.15) is 0 Å². The van der Waals surface area contributed by atoms with E-state index in [1.54, 1.807) is 0 Å². The highest BCUT2D eigenvalue weighted by molar-refractivity contribution is 5.91. The van der Waals surface area contributed by atoms with E-state index in [-0.39, 0.29) is 17.7 Å². The van der Waals surface area contributed by atoms with E-state index in [0.717, 1.165) is 43.6 Å². The fourth-order valence-electron chi connectivity index (χ4n) is 3.55. The van der Waals surface area contributed by atoms with Crippen LogP contribution in [0.1, 0.15) is 40.4 Å². The molecule has 0 bridgehead atoms. The van der Waals surface area contributed by atoms with E-state index in [0.29, 0.717) is 18.9 Å². The highest BCUT2D eigenvalue weighted by Crippen LogP contribution is 2.32. The first kappa shape index (κ1) is 16.8. The second kappa shape index (κ2) is 6.94. The summed E-state index contributed by atoms with van der Waals surface area (Å²) in [6.07, 6.45) is 3.58. The third kappa shape index (κ3) is 3.36. The van der Waals surface area contributed by atoms with Gasteiger partial charge in [0.2, 0.25) is 5.91 Å². The minimum atomic E-state index is -0.155. The standard InChI is InChI=1S/C20H24N4O2/c1-23-17-10-12-24(20(26)15-7-8-15)13-16(17)22-18(23)19(25)21-11-9-14-5-3-2-4-6-14/h2-6,15H,7-13H2,1H3,(H,21,25). The molecular formula is C20H24N4O2. The second-order valence-corrected chi connectivity index (χ2v) is 7.16. The molecule has 0 radical (unpaired) electrons. The lowest BCUT2D eigenvalue weighted by atomic mass is 10.1. The minimum absolute atomic E-state index is 0.155. The molecular weight excluding hydrogens is 328 g/mol. The van der Waals surface area contributed by atoms with Crippen molar-refractivity contribution in [2.45, 2.75) is 32.2 Å². The summed E-state index contributed by atoms with van der Waals surface area (Å²) in [5.74, 6) is 0.748. The molecule has 136 valence electrons. The van der Waals surface area contributed by atoms with Crippen molar-refractivity contribution in [3.63, 3.8) is 0 Å². The van der Waals surface area contributed by atoms with Gasteiger partial charge < -0.3 is 14.8 Å². The summed E-state index contributed by atoms with van der Waals surface area (Å²) < 4.78 is 1.88. The average Bonchev–Trinajstić information content (AvgIpc) is 3.46. The normalized spacial score (nSPS) is 16.3. The third-order valence-corrected chi connectivity index (χ3v) is 5.24. The molecule has 2 aliphatic rings. The van der Waals surface area contributed by atoms with Crippen LogP contribution in [0.5, 0.6) is 0 Å². The Hall–Kier alpha value is -2.63. The summed E-state index contributed by atoms with van der Waals surface area (Å²) in [4.78, 5) is 31.3. The van der Waals surface area contributed by atoms with Crippen molar-refractivity contribution >= 4 is 11.8 Å². The molecule has 0 atom stereocenters. The number of hydrogen-bond acceptors (Lipinski definition) is 3. The molecule has 1 saturated carbocycles. The molecule has 0 spiro atoms. The van der Waals surface area contributed by atoms with Crippen molar-refractivity contribution in [2.24, 2.45) is 13.0 Å². The van der Waals surface area contributed by atoms with E-state index in [4.69, 9.17) is 0 Å². The van der Waals surface area contributed by atoms with Gasteiger partial charge in [-0.1, -0.05) is 30.3 Å². The quantitative estimate of drug-likeness (QED) is 0.890. The zero-order valence-corrected chi connectivity index (χ0v) is 15.1. The van der Waals surface area contributed by atoms with Gasteiger partial charge in [-0.2, -0.15) is 0 Å². The highest BCUT2D eigenvalue weighted by Gasteiger charge is 2.36. The van der Waals surface area contributed by atoms with Crippen molar-refractivity contribution in [1.82, 2.24) is 19.8 Å². The number of aromatic nitrogens is 2. The number of benzene rings is 1. The van der Waals surface area contributed by atoms with Crippen LogP contribution < -0.4 is 5.32 Å². The number of hydrogen-bond donors (Lipinski definition) is 1. The van der Waals surface area contributed by atoms with Gasteiger partial charge in [-0.25, -0.2) is 4.98 Å². The van der Waals surface area contributed by atoms with Crippen LogP contribution >= 0.6 is 0 Å². The van der Waals surface area contributed by atoms with Crippen molar-refractivity contribution in [3.8, 4) is 0 Å². The molecule has 0 unspecified atom stereocenters. The number of imidazole rings is 1. The number of amides is 2. The molecule has 4 rings (SSSR count). The molecule has 6 nitrogen and oxygen atoms in total. The maximum absolute atomic E-state index is 12.5. The molecule has 1 aliphatic heterocycles. The van der Waals surface area contributed by atoms with Crippen LogP contribution in [0, 0.1) is 5.92 Å². The van der Waals surface area contributed by atoms with Crippen molar-refractivity contribution in [1.29, 1.82) is 0 Å². The summed E-state index contributed by atoms with van der Waals surface area (Å²) in [5.41, 5.74) is 3.13. The van der Waals surface area contributed by atoms with Gasteiger partial charge in [-0.05, 0) is 24.8 Å². The zero-order chi connectivity index (χ0) is 18.1. The number of carbonyl (C=O) groups excluding carboxylic acids is 2. The predicted octanol–water partition coefficient (Wildman–Crippen LogP) is 1.69. The molecule has 1 aliphatic carbocycles. The van der Waals surface area contributed by atoms with Gasteiger partial charge in [-0.15, -0.1) is 0 Å². The first-order chi connectivity index (χ1) is 12.6. The maximum Gasteiger partial charge on any atom is 0.287 e. The van der Waals surface area contributed by atoms with Gasteiger partial charge in [-0.3, -0.25) is 9.59 Å². The Morgan fingerprint density at radius 2 is 2.00 bits per heavy atom. The first-order valence-electron chi connectivity index (χ1n) is 9.29. The lowest BCUT2D eigenvalue weighted by Crippen LogP contribution is -2.37. The van der Waals surface area contributed by atoms with E-state index in [2.05, 4.69) is 22.4 Å². The lowest BCUT2D eigenvalue weighted by molar-refractivity contribution is -0.133. The summed E-state index contributed by atoms with van der Waals surface area (Å²) in [6, 6.07) is 10.1. The zero-order valence-electron chi connectivity index (χ0n) is 15.1. The molecule has 26 heavy (non-hydrogen) atoms. The fraction of sp³-hybridized carbons (Fsp3) is 0.450. The Bertz CT molecular complexity index is 824. The molecule has 0 saturated heterocycles. The second-order valence-electron chi connectivity index (χ2n) is 7.16. The molecule has 1 fully saturated rings. The van der Waals surface area contributed by atoms with Crippen LogP contribution in [0.3, 0.4) is 0 Å². The first-order valence-corrected chi connectivity index (χ1v) is 9.29. The number of carbonyl (C=O) groups is 2. The van der Waals surface area contributed by atoms with Crippen LogP contribution in [0.15, 0.2) is 30.3 Å².